The first-order valence-electron chi connectivity index (χ1n) is 11.4. The van der Waals surface area contributed by atoms with Crippen molar-refractivity contribution < 1.29 is 13.9 Å². The zero-order valence-electron chi connectivity index (χ0n) is 18.7. The van der Waals surface area contributed by atoms with E-state index in [1.807, 2.05) is 37.5 Å². The molecule has 32 heavy (non-hydrogen) atoms. The molecule has 6 heteroatoms. The third-order valence-electron chi connectivity index (χ3n) is 7.06. The number of nitrogens with zero attached hydrogens (tertiary/aromatic N) is 3. The summed E-state index contributed by atoms with van der Waals surface area (Å²) >= 11 is 0. The third-order valence-corrected chi connectivity index (χ3v) is 7.06. The van der Waals surface area contributed by atoms with Gasteiger partial charge in [0.1, 0.15) is 17.7 Å². The molecule has 0 radical (unpaired) electrons. The van der Waals surface area contributed by atoms with Gasteiger partial charge in [-0.25, -0.2) is 9.37 Å². The molecule has 4 atom stereocenters. The number of aryl methyl sites for hydroxylation is 1. The van der Waals surface area contributed by atoms with Crippen LogP contribution in [0.2, 0.25) is 0 Å². The Morgan fingerprint density at radius 3 is 2.47 bits per heavy atom. The third kappa shape index (κ3) is 4.24. The molecule has 0 amide bonds. The molecule has 1 aromatic heterocycles. The van der Waals surface area contributed by atoms with Gasteiger partial charge in [-0.15, -0.1) is 0 Å². The van der Waals surface area contributed by atoms with E-state index in [1.54, 1.807) is 19.2 Å². The van der Waals surface area contributed by atoms with Crippen molar-refractivity contribution in [2.75, 3.05) is 20.2 Å². The number of methoxy groups -OCH3 is 1. The number of imidazole rings is 1. The Balaban J connectivity index is 1.33. The molecule has 5 nitrogen and oxygen atoms in total. The lowest BCUT2D eigenvalue weighted by Gasteiger charge is -2.39. The van der Waals surface area contributed by atoms with Gasteiger partial charge in [-0.3, -0.25) is 4.90 Å². The molecule has 5 rings (SSSR count). The number of ether oxygens (including phenoxy) is 2. The van der Waals surface area contributed by atoms with Gasteiger partial charge in [0.05, 0.1) is 13.2 Å². The average Bonchev–Trinajstić information content (AvgIpc) is 3.40. The lowest BCUT2D eigenvalue weighted by Crippen LogP contribution is -2.40. The van der Waals surface area contributed by atoms with Crippen LogP contribution in [-0.4, -0.2) is 40.8 Å². The van der Waals surface area contributed by atoms with Gasteiger partial charge in [0, 0.05) is 32.0 Å². The first kappa shape index (κ1) is 21.0. The molecule has 2 fully saturated rings. The maximum absolute atomic E-state index is 14.4. The molecule has 3 aromatic rings. The summed E-state index contributed by atoms with van der Waals surface area (Å²) in [5, 5.41) is 0. The maximum atomic E-state index is 14.4. The van der Waals surface area contributed by atoms with E-state index in [0.717, 1.165) is 44.0 Å². The molecule has 1 aliphatic heterocycles. The number of fused-ring (bicyclic) bond motifs is 1. The zero-order valence-corrected chi connectivity index (χ0v) is 18.7. The van der Waals surface area contributed by atoms with E-state index < -0.39 is 0 Å². The Morgan fingerprint density at radius 1 is 1.03 bits per heavy atom. The number of likely N-dealkylation sites (tertiary alicyclic amines) is 1. The molecule has 0 bridgehead atoms. The van der Waals surface area contributed by atoms with Crippen molar-refractivity contribution in [2.45, 2.75) is 38.5 Å². The number of aromatic nitrogens is 2. The van der Waals surface area contributed by atoms with E-state index in [9.17, 15) is 4.39 Å². The highest BCUT2D eigenvalue weighted by atomic mass is 19.1. The second-order valence-corrected chi connectivity index (χ2v) is 9.07. The molecular weight excluding hydrogens is 405 g/mol. The van der Waals surface area contributed by atoms with Crippen LogP contribution in [0.4, 0.5) is 4.39 Å². The molecule has 2 aliphatic rings. The minimum absolute atomic E-state index is 0.0815. The predicted octanol–water partition coefficient (Wildman–Crippen LogP) is 4.87. The van der Waals surface area contributed by atoms with Crippen LogP contribution >= 0.6 is 0 Å². The van der Waals surface area contributed by atoms with Gasteiger partial charge >= 0.3 is 0 Å². The monoisotopic (exact) mass is 435 g/mol. The van der Waals surface area contributed by atoms with Crippen LogP contribution in [0.25, 0.3) is 0 Å². The summed E-state index contributed by atoms with van der Waals surface area (Å²) < 4.78 is 28.2. The fourth-order valence-corrected chi connectivity index (χ4v) is 5.47. The van der Waals surface area contributed by atoms with Crippen molar-refractivity contribution in [3.8, 4) is 11.5 Å². The standard InChI is InChI=1S/C26H30FN3O2/c1-18-28-11-12-30(18)24-13-20-16-29(15-19-7-9-22(31-2)10-8-19)17-21(20)14-26(24)32-25-6-4-3-5-23(25)27/h3-12,20-21,24,26H,13-17H2,1-2H3/t20-,21+,24-,26-/m0/s1. The zero-order chi connectivity index (χ0) is 22.1. The molecule has 1 aliphatic carbocycles. The Hall–Kier alpha value is -2.86. The SMILES string of the molecule is COc1ccc(CN2C[C@H]3C[C@H](Oc4ccccc4F)[C@@H](n4ccnc4C)C[C@H]3C2)cc1. The fraction of sp³-hybridized carbons (Fsp3) is 0.423. The Bertz CT molecular complexity index is 1050. The van der Waals surface area contributed by atoms with Crippen molar-refractivity contribution in [1.29, 1.82) is 0 Å². The van der Waals surface area contributed by atoms with Gasteiger partial charge in [-0.05, 0) is 61.4 Å². The molecule has 1 saturated carbocycles. The van der Waals surface area contributed by atoms with Crippen molar-refractivity contribution >= 4 is 0 Å². The first-order chi connectivity index (χ1) is 15.6. The number of halogens is 1. The molecule has 0 spiro atoms. The first-order valence-corrected chi connectivity index (χ1v) is 11.4. The topological polar surface area (TPSA) is 39.5 Å². The van der Waals surface area contributed by atoms with Gasteiger partial charge in [-0.1, -0.05) is 24.3 Å². The molecular formula is C26H30FN3O2. The van der Waals surface area contributed by atoms with Crippen LogP contribution in [0.5, 0.6) is 11.5 Å². The van der Waals surface area contributed by atoms with E-state index in [0.29, 0.717) is 17.6 Å². The van der Waals surface area contributed by atoms with Crippen LogP contribution in [0.3, 0.4) is 0 Å². The number of rotatable bonds is 6. The van der Waals surface area contributed by atoms with Gasteiger partial charge < -0.3 is 14.0 Å². The second-order valence-electron chi connectivity index (χ2n) is 9.07. The number of para-hydroxylation sites is 1. The predicted molar refractivity (Wildman–Crippen MR) is 121 cm³/mol. The summed E-state index contributed by atoms with van der Waals surface area (Å²) in [6.45, 7) is 5.08. The molecule has 2 heterocycles. The fourth-order valence-electron chi connectivity index (χ4n) is 5.47. The van der Waals surface area contributed by atoms with Crippen LogP contribution in [0.1, 0.15) is 30.3 Å². The van der Waals surface area contributed by atoms with Gasteiger partial charge in [-0.2, -0.15) is 0 Å². The quantitative estimate of drug-likeness (QED) is 0.554. The number of hydrogen-bond acceptors (Lipinski definition) is 4. The highest BCUT2D eigenvalue weighted by molar-refractivity contribution is 5.27. The van der Waals surface area contributed by atoms with Crippen LogP contribution in [-0.2, 0) is 6.54 Å². The van der Waals surface area contributed by atoms with E-state index >= 15 is 0 Å². The minimum atomic E-state index is -0.303. The summed E-state index contributed by atoms with van der Waals surface area (Å²) in [7, 11) is 1.69. The summed E-state index contributed by atoms with van der Waals surface area (Å²) in [6, 6.07) is 15.2. The van der Waals surface area contributed by atoms with E-state index in [1.165, 1.54) is 11.6 Å². The van der Waals surface area contributed by atoms with Crippen molar-refractivity contribution in [1.82, 2.24) is 14.5 Å². The van der Waals surface area contributed by atoms with Crippen molar-refractivity contribution in [3.05, 3.63) is 78.1 Å². The summed E-state index contributed by atoms with van der Waals surface area (Å²) in [5.41, 5.74) is 1.30. The smallest absolute Gasteiger partial charge is 0.165 e. The Kier molecular flexibility index (Phi) is 5.87. The van der Waals surface area contributed by atoms with Crippen LogP contribution < -0.4 is 9.47 Å². The molecule has 168 valence electrons. The Morgan fingerprint density at radius 2 is 1.78 bits per heavy atom. The number of benzene rings is 2. The van der Waals surface area contributed by atoms with Crippen molar-refractivity contribution in [2.24, 2.45) is 11.8 Å². The average molecular weight is 436 g/mol. The molecule has 2 aromatic carbocycles. The summed E-state index contributed by atoms with van der Waals surface area (Å²) in [6.07, 6.45) is 5.72. The molecule has 0 unspecified atom stereocenters. The highest BCUT2D eigenvalue weighted by Gasteiger charge is 2.44. The van der Waals surface area contributed by atoms with Gasteiger partial charge in [0.25, 0.3) is 0 Å². The van der Waals surface area contributed by atoms with Crippen molar-refractivity contribution in [3.63, 3.8) is 0 Å². The summed E-state index contributed by atoms with van der Waals surface area (Å²) in [5.74, 6) is 3.04. The van der Waals surface area contributed by atoms with E-state index in [-0.39, 0.29) is 18.0 Å². The second kappa shape index (κ2) is 8.94. The largest absolute Gasteiger partial charge is 0.497 e. The molecule has 0 N–H and O–H groups in total. The lowest BCUT2D eigenvalue weighted by molar-refractivity contribution is 0.0509. The highest BCUT2D eigenvalue weighted by Crippen LogP contribution is 2.43. The normalized spacial score (nSPS) is 25.5. The maximum Gasteiger partial charge on any atom is 0.165 e. The Labute approximate surface area is 188 Å². The lowest BCUT2D eigenvalue weighted by atomic mass is 9.77. The van der Waals surface area contributed by atoms with Crippen LogP contribution in [0.15, 0.2) is 60.9 Å². The van der Waals surface area contributed by atoms with Gasteiger partial charge in [0.2, 0.25) is 0 Å². The van der Waals surface area contributed by atoms with Gasteiger partial charge in [0.15, 0.2) is 11.6 Å². The van der Waals surface area contributed by atoms with E-state index in [4.69, 9.17) is 9.47 Å². The van der Waals surface area contributed by atoms with E-state index in [2.05, 4.69) is 26.6 Å². The van der Waals surface area contributed by atoms with Crippen LogP contribution in [0, 0.1) is 24.6 Å². The summed E-state index contributed by atoms with van der Waals surface area (Å²) in [4.78, 5) is 6.98. The number of hydrogen-bond donors (Lipinski definition) is 0. The molecule has 1 saturated heterocycles. The minimum Gasteiger partial charge on any atom is -0.497 e.